The lowest BCUT2D eigenvalue weighted by atomic mass is 10.3. The van der Waals surface area contributed by atoms with Crippen LogP contribution in [0.4, 0.5) is 0 Å². The average Bonchev–Trinajstić information content (AvgIpc) is 2.53. The second-order valence-electron chi connectivity index (χ2n) is 4.27. The predicted octanol–water partition coefficient (Wildman–Crippen LogP) is -0.791. The lowest BCUT2D eigenvalue weighted by Gasteiger charge is -2.02. The van der Waals surface area contributed by atoms with E-state index in [2.05, 4.69) is 19.8 Å². The Kier molecular flexibility index (Phi) is 4.73. The Balaban J connectivity index is 2.17. The largest absolute Gasteiger partial charge is 0.481 e. The van der Waals surface area contributed by atoms with Crippen LogP contribution in [-0.4, -0.2) is 41.6 Å². The molecule has 0 aliphatic rings. The molecule has 2 aromatic rings. The lowest BCUT2D eigenvalue weighted by Crippen LogP contribution is -2.38. The number of rotatable bonds is 6. The molecule has 0 aliphatic carbocycles. The van der Waals surface area contributed by atoms with E-state index in [0.717, 1.165) is 0 Å². The fourth-order valence-corrected chi connectivity index (χ4v) is 2.20. The zero-order valence-electron chi connectivity index (χ0n) is 11.7. The molecule has 0 saturated heterocycles. The molecule has 0 spiro atoms. The summed E-state index contributed by atoms with van der Waals surface area (Å²) >= 11 is 0. The van der Waals surface area contributed by atoms with Crippen molar-refractivity contribution < 1.29 is 23.0 Å². The number of carboxylic acids is 1. The molecule has 2 rings (SSSR count). The van der Waals surface area contributed by atoms with E-state index >= 15 is 0 Å². The molecule has 0 saturated carbocycles. The summed E-state index contributed by atoms with van der Waals surface area (Å²) in [7, 11) is -2.26. The minimum atomic E-state index is -3.57. The van der Waals surface area contributed by atoms with Crippen LogP contribution in [0, 0.1) is 0 Å². The Morgan fingerprint density at radius 2 is 2.00 bits per heavy atom. The van der Waals surface area contributed by atoms with Gasteiger partial charge in [-0.3, -0.25) is 4.79 Å². The zero-order chi connectivity index (χ0) is 16.2. The van der Waals surface area contributed by atoms with Crippen molar-refractivity contribution in [2.45, 2.75) is 17.9 Å². The van der Waals surface area contributed by atoms with Crippen molar-refractivity contribution in [1.29, 1.82) is 0 Å². The predicted molar refractivity (Wildman–Crippen MR) is 74.0 cm³/mol. The number of aromatic nitrogens is 4. The Bertz CT molecular complexity index is 759. The van der Waals surface area contributed by atoms with E-state index in [1.165, 1.54) is 30.3 Å². The third kappa shape index (κ3) is 3.80. The number of hydrogen-bond acceptors (Lipinski definition) is 6. The number of hydrogen-bond donors (Lipinski definition) is 2. The first-order valence-electron chi connectivity index (χ1n) is 6.26. The van der Waals surface area contributed by atoms with Gasteiger partial charge in [-0.2, -0.15) is 0 Å². The van der Waals surface area contributed by atoms with Gasteiger partial charge < -0.3 is 5.11 Å². The van der Waals surface area contributed by atoms with Crippen LogP contribution >= 0.6 is 0 Å². The van der Waals surface area contributed by atoms with Crippen LogP contribution in [0.15, 0.2) is 35.7 Å². The van der Waals surface area contributed by atoms with Gasteiger partial charge in [-0.15, -0.1) is 0 Å². The Morgan fingerprint density at radius 1 is 1.32 bits per heavy atom. The highest BCUT2D eigenvalue weighted by molar-refractivity contribution is 7.89. The monoisotopic (exact) mass is 324 g/mol. The minimum absolute atomic E-state index is 0.0237. The quantitative estimate of drug-likeness (QED) is 0.667. The third-order valence-electron chi connectivity index (χ3n) is 2.79. The molecule has 0 radical (unpaired) electrons. The first-order chi connectivity index (χ1) is 10.4. The Hall–Kier alpha value is -2.46. The number of aliphatic carboxylic acids is 1. The number of carbonyl (C=O) groups is 1. The van der Waals surface area contributed by atoms with Crippen molar-refractivity contribution in [3.63, 3.8) is 0 Å². The first kappa shape index (κ1) is 15.9. The summed E-state index contributed by atoms with van der Waals surface area (Å²) in [5.41, 5.74) is 0.597. The van der Waals surface area contributed by atoms with Crippen molar-refractivity contribution in [3.8, 4) is 11.4 Å². The van der Waals surface area contributed by atoms with Gasteiger partial charge in [0.05, 0.1) is 12.4 Å². The summed E-state index contributed by atoms with van der Waals surface area (Å²) < 4.78 is 26.8. The van der Waals surface area contributed by atoms with Crippen molar-refractivity contribution in [1.82, 2.24) is 19.8 Å². The van der Waals surface area contributed by atoms with E-state index in [9.17, 15) is 13.2 Å². The maximum atomic E-state index is 11.6. The molecule has 0 bridgehead atoms. The van der Waals surface area contributed by atoms with Gasteiger partial charge in [0.15, 0.2) is 18.6 Å². The van der Waals surface area contributed by atoms with Crippen LogP contribution < -0.4 is 9.40 Å². The Labute approximate surface area is 126 Å². The van der Waals surface area contributed by atoms with Crippen LogP contribution in [0.3, 0.4) is 0 Å². The zero-order valence-corrected chi connectivity index (χ0v) is 12.5. The van der Waals surface area contributed by atoms with E-state index in [0.29, 0.717) is 11.4 Å². The normalized spacial score (nSPS) is 11.3. The van der Waals surface area contributed by atoms with E-state index in [4.69, 9.17) is 5.11 Å². The van der Waals surface area contributed by atoms with Gasteiger partial charge in [0, 0.05) is 11.6 Å². The van der Waals surface area contributed by atoms with Gasteiger partial charge in [-0.05, 0) is 12.1 Å². The molecule has 0 unspecified atom stereocenters. The van der Waals surface area contributed by atoms with Gasteiger partial charge in [-0.25, -0.2) is 23.1 Å². The fraction of sp³-hybridized carbons (Fsp3) is 0.250. The van der Waals surface area contributed by atoms with Crippen LogP contribution in [0.2, 0.25) is 0 Å². The van der Waals surface area contributed by atoms with Crippen LogP contribution in [0.5, 0.6) is 0 Å². The highest BCUT2D eigenvalue weighted by Crippen LogP contribution is 2.13. The molecular weight excluding hydrogens is 310 g/mol. The van der Waals surface area contributed by atoms with Gasteiger partial charge in [0.2, 0.25) is 10.0 Å². The number of nitrogens with one attached hydrogen (secondary N) is 1. The van der Waals surface area contributed by atoms with Crippen molar-refractivity contribution in [3.05, 3.63) is 30.9 Å². The van der Waals surface area contributed by atoms with Gasteiger partial charge in [0.25, 0.3) is 0 Å². The highest BCUT2D eigenvalue weighted by atomic mass is 32.2. The van der Waals surface area contributed by atoms with Crippen LogP contribution in [0.25, 0.3) is 11.4 Å². The number of sulfonamides is 1. The van der Waals surface area contributed by atoms with E-state index < -0.39 is 16.0 Å². The molecule has 2 N–H and O–H groups in total. The first-order valence-corrected chi connectivity index (χ1v) is 7.74. The molecule has 0 aromatic carbocycles. The summed E-state index contributed by atoms with van der Waals surface area (Å²) in [6.07, 6.45) is 5.49. The van der Waals surface area contributed by atoms with E-state index in [1.807, 2.05) is 0 Å². The molecule has 0 fully saturated rings. The number of carboxylic acid groups (broad SMARTS) is 1. The SMILES string of the molecule is CNS(=O)(=O)c1cnc(-c2cc[n+](CCC(=O)O)nc2)nc1. The molecule has 9 nitrogen and oxygen atoms in total. The molecule has 2 aromatic heterocycles. The standard InChI is InChI=1S/C12H13N5O4S/c1-13-22(20,21)10-7-14-12(15-8-10)9-2-4-17(16-6-9)5-3-11(18)19/h2,4,6-8,13H,3,5H2,1H3/p+1. The summed E-state index contributed by atoms with van der Waals surface area (Å²) in [6, 6.07) is 1.68. The average molecular weight is 324 g/mol. The summed E-state index contributed by atoms with van der Waals surface area (Å²) in [6.45, 7) is 0.260. The fourth-order valence-electron chi connectivity index (χ4n) is 1.58. The van der Waals surface area contributed by atoms with Crippen molar-refractivity contribution in [2.24, 2.45) is 0 Å². The van der Waals surface area contributed by atoms with Gasteiger partial charge in [0.1, 0.15) is 17.5 Å². The topological polar surface area (TPSA) is 126 Å². The molecule has 116 valence electrons. The smallest absolute Gasteiger partial charge is 0.309 e. The molecule has 2 heterocycles. The summed E-state index contributed by atoms with van der Waals surface area (Å²) in [5.74, 6) is -0.573. The molecule has 0 amide bonds. The maximum Gasteiger partial charge on any atom is 0.309 e. The van der Waals surface area contributed by atoms with Crippen LogP contribution in [0.1, 0.15) is 6.42 Å². The second-order valence-corrected chi connectivity index (χ2v) is 6.16. The number of nitrogens with zero attached hydrogens (tertiary/aromatic N) is 4. The van der Waals surface area contributed by atoms with Gasteiger partial charge in [-0.1, -0.05) is 4.68 Å². The molecule has 10 heteroatoms. The summed E-state index contributed by atoms with van der Waals surface area (Å²) in [5, 5.41) is 12.7. The van der Waals surface area contributed by atoms with Crippen molar-refractivity contribution >= 4 is 16.0 Å². The third-order valence-corrected chi connectivity index (χ3v) is 4.16. The van der Waals surface area contributed by atoms with E-state index in [1.54, 1.807) is 12.3 Å². The minimum Gasteiger partial charge on any atom is -0.481 e. The number of aryl methyl sites for hydroxylation is 1. The van der Waals surface area contributed by atoms with E-state index in [-0.39, 0.29) is 17.9 Å². The molecule has 0 aliphatic heterocycles. The Morgan fingerprint density at radius 3 is 2.50 bits per heavy atom. The molecule has 0 atom stereocenters. The van der Waals surface area contributed by atoms with Crippen molar-refractivity contribution in [2.75, 3.05) is 7.05 Å². The summed E-state index contributed by atoms with van der Waals surface area (Å²) in [4.78, 5) is 18.4. The second kappa shape index (κ2) is 6.54. The molecular formula is C12H14N5O4S+. The van der Waals surface area contributed by atoms with Crippen LogP contribution in [-0.2, 0) is 21.4 Å². The van der Waals surface area contributed by atoms with Gasteiger partial charge >= 0.3 is 5.97 Å². The molecule has 22 heavy (non-hydrogen) atoms. The lowest BCUT2D eigenvalue weighted by molar-refractivity contribution is -0.752. The maximum absolute atomic E-state index is 11.6. The highest BCUT2D eigenvalue weighted by Gasteiger charge is 2.14.